The molecule has 8 heteroatoms. The predicted octanol–water partition coefficient (Wildman–Crippen LogP) is 1.92. The zero-order valence-corrected chi connectivity index (χ0v) is 12.4. The molecule has 0 saturated heterocycles. The molecule has 112 valence electrons. The Balaban J connectivity index is 1.80. The van der Waals surface area contributed by atoms with Crippen LogP contribution in [0.3, 0.4) is 0 Å². The number of aromatic nitrogens is 3. The molecule has 2 amide bonds. The van der Waals surface area contributed by atoms with Gasteiger partial charge in [-0.3, -0.25) is 4.98 Å². The molecule has 2 rings (SSSR count). The van der Waals surface area contributed by atoms with Gasteiger partial charge in [-0.25, -0.2) is 14.7 Å². The molecule has 4 N–H and O–H groups in total. The average Bonchev–Trinajstić information content (AvgIpc) is 2.90. The molecular weight excluding hydrogens is 290 g/mol. The Hall–Kier alpha value is -2.22. The van der Waals surface area contributed by atoms with E-state index >= 15 is 0 Å². The smallest absolute Gasteiger partial charge is 0.331 e. The van der Waals surface area contributed by atoms with Gasteiger partial charge >= 0.3 is 11.7 Å². The number of carbonyl (C=O) groups is 1. The Morgan fingerprint density at radius 2 is 2.10 bits per heavy atom. The molecule has 1 aromatic heterocycles. The van der Waals surface area contributed by atoms with Crippen LogP contribution in [0.15, 0.2) is 34.0 Å². The summed E-state index contributed by atoms with van der Waals surface area (Å²) in [6.45, 7) is 2.29. The van der Waals surface area contributed by atoms with Crippen LogP contribution in [0.25, 0.3) is 0 Å². The van der Waals surface area contributed by atoms with E-state index in [1.54, 1.807) is 11.8 Å². The van der Waals surface area contributed by atoms with Crippen LogP contribution in [-0.4, -0.2) is 27.0 Å². The van der Waals surface area contributed by atoms with Gasteiger partial charge in [-0.05, 0) is 36.4 Å². The fourth-order valence-corrected chi connectivity index (χ4v) is 2.35. The number of carbonyl (C=O) groups excluding carboxylic acids is 1. The molecule has 0 radical (unpaired) electrons. The lowest BCUT2D eigenvalue weighted by Crippen LogP contribution is -2.28. The van der Waals surface area contributed by atoms with Gasteiger partial charge in [0.15, 0.2) is 0 Å². The number of benzene rings is 1. The number of rotatable bonds is 6. The van der Waals surface area contributed by atoms with E-state index in [-0.39, 0.29) is 12.6 Å². The topological polar surface area (TPSA) is 103 Å². The minimum atomic E-state index is -0.396. The Bertz CT molecular complexity index is 635. The summed E-state index contributed by atoms with van der Waals surface area (Å²) in [6.07, 6.45) is 1.13. The SMILES string of the molecule is CCCSc1ccc(NC(=O)NCc2n[nH]c(=O)[nH]2)cc1. The van der Waals surface area contributed by atoms with Crippen molar-refractivity contribution in [1.29, 1.82) is 0 Å². The van der Waals surface area contributed by atoms with Crippen LogP contribution >= 0.6 is 11.8 Å². The van der Waals surface area contributed by atoms with Crippen LogP contribution in [0.2, 0.25) is 0 Å². The summed E-state index contributed by atoms with van der Waals surface area (Å²) < 4.78 is 0. The average molecular weight is 307 g/mol. The second-order valence-corrected chi connectivity index (χ2v) is 5.47. The molecule has 0 aliphatic heterocycles. The van der Waals surface area contributed by atoms with Crippen molar-refractivity contribution in [3.63, 3.8) is 0 Å². The van der Waals surface area contributed by atoms with Crippen LogP contribution in [0.1, 0.15) is 19.2 Å². The van der Waals surface area contributed by atoms with Gasteiger partial charge in [-0.1, -0.05) is 6.92 Å². The van der Waals surface area contributed by atoms with Crippen LogP contribution in [-0.2, 0) is 6.54 Å². The Morgan fingerprint density at radius 3 is 2.71 bits per heavy atom. The van der Waals surface area contributed by atoms with E-state index in [9.17, 15) is 9.59 Å². The monoisotopic (exact) mass is 307 g/mol. The Morgan fingerprint density at radius 1 is 1.33 bits per heavy atom. The number of nitrogens with zero attached hydrogens (tertiary/aromatic N) is 1. The minimum absolute atomic E-state index is 0.148. The van der Waals surface area contributed by atoms with Gasteiger partial charge in [0.2, 0.25) is 0 Å². The maximum atomic E-state index is 11.7. The summed E-state index contributed by atoms with van der Waals surface area (Å²) in [5, 5.41) is 11.2. The number of hydrogen-bond acceptors (Lipinski definition) is 4. The van der Waals surface area contributed by atoms with Gasteiger partial charge in [-0.15, -0.1) is 11.8 Å². The lowest BCUT2D eigenvalue weighted by atomic mass is 10.3. The van der Waals surface area contributed by atoms with E-state index in [1.165, 1.54) is 4.90 Å². The summed E-state index contributed by atoms with van der Waals surface area (Å²) in [4.78, 5) is 26.2. The standard InChI is InChI=1S/C13H17N5O2S/c1-2-7-21-10-5-3-9(4-6-10)15-12(19)14-8-11-16-13(20)18-17-11/h3-6H,2,7-8H2,1H3,(H2,14,15,19)(H2,16,17,18,20). The number of urea groups is 1. The highest BCUT2D eigenvalue weighted by molar-refractivity contribution is 7.99. The fraction of sp³-hybridized carbons (Fsp3) is 0.308. The molecule has 7 nitrogen and oxygen atoms in total. The van der Waals surface area contributed by atoms with E-state index in [2.05, 4.69) is 32.7 Å². The van der Waals surface area contributed by atoms with Crippen LogP contribution < -0.4 is 16.3 Å². The number of amides is 2. The second kappa shape index (κ2) is 7.53. The molecule has 0 bridgehead atoms. The van der Waals surface area contributed by atoms with Crippen LogP contribution in [0, 0.1) is 0 Å². The Labute approximate surface area is 125 Å². The summed E-state index contributed by atoms with van der Waals surface area (Å²) >= 11 is 1.78. The molecular formula is C13H17N5O2S. The lowest BCUT2D eigenvalue weighted by Gasteiger charge is -2.07. The third-order valence-electron chi connectivity index (χ3n) is 2.55. The molecule has 1 heterocycles. The maximum absolute atomic E-state index is 11.7. The molecule has 0 saturated carbocycles. The molecule has 0 atom stereocenters. The van der Waals surface area contributed by atoms with Crippen molar-refractivity contribution in [2.45, 2.75) is 24.8 Å². The third kappa shape index (κ3) is 4.99. The van der Waals surface area contributed by atoms with Crippen molar-refractivity contribution in [3.05, 3.63) is 40.6 Å². The van der Waals surface area contributed by atoms with Crippen LogP contribution in [0.4, 0.5) is 10.5 Å². The van der Waals surface area contributed by atoms with Gasteiger partial charge in [0.05, 0.1) is 6.54 Å². The summed E-state index contributed by atoms with van der Waals surface area (Å²) in [5.74, 6) is 1.45. The molecule has 0 aliphatic carbocycles. The fourth-order valence-electron chi connectivity index (χ4n) is 1.58. The summed E-state index contributed by atoms with van der Waals surface area (Å²) in [5.41, 5.74) is 0.316. The van der Waals surface area contributed by atoms with Crippen molar-refractivity contribution in [3.8, 4) is 0 Å². The molecule has 1 aromatic carbocycles. The van der Waals surface area contributed by atoms with Gasteiger partial charge in [0.1, 0.15) is 5.82 Å². The normalized spacial score (nSPS) is 10.3. The molecule has 0 unspecified atom stereocenters. The van der Waals surface area contributed by atoms with E-state index in [0.717, 1.165) is 12.2 Å². The number of H-pyrrole nitrogens is 2. The first-order chi connectivity index (χ1) is 10.2. The highest BCUT2D eigenvalue weighted by Crippen LogP contribution is 2.20. The molecule has 0 fully saturated rings. The number of thioether (sulfide) groups is 1. The van der Waals surface area contributed by atoms with E-state index in [4.69, 9.17) is 0 Å². The second-order valence-electron chi connectivity index (χ2n) is 4.30. The number of aromatic amines is 2. The van der Waals surface area contributed by atoms with Gasteiger partial charge in [0.25, 0.3) is 0 Å². The van der Waals surface area contributed by atoms with Crippen molar-refractivity contribution < 1.29 is 4.79 Å². The highest BCUT2D eigenvalue weighted by atomic mass is 32.2. The van der Waals surface area contributed by atoms with Crippen LogP contribution in [0.5, 0.6) is 0 Å². The van der Waals surface area contributed by atoms with E-state index < -0.39 is 5.69 Å². The summed E-state index contributed by atoms with van der Waals surface area (Å²) in [7, 11) is 0. The minimum Gasteiger partial charge on any atom is -0.331 e. The van der Waals surface area contributed by atoms with Crippen molar-refractivity contribution in [2.75, 3.05) is 11.1 Å². The number of anilines is 1. The Kier molecular flexibility index (Phi) is 5.44. The molecule has 0 aliphatic rings. The first-order valence-corrected chi connectivity index (χ1v) is 7.57. The lowest BCUT2D eigenvalue weighted by molar-refractivity contribution is 0.251. The van der Waals surface area contributed by atoms with Gasteiger partial charge in [-0.2, -0.15) is 5.10 Å². The first-order valence-electron chi connectivity index (χ1n) is 6.58. The zero-order valence-electron chi connectivity index (χ0n) is 11.6. The molecule has 21 heavy (non-hydrogen) atoms. The zero-order chi connectivity index (χ0) is 15.1. The van der Waals surface area contributed by atoms with Gasteiger partial charge in [0, 0.05) is 10.6 Å². The first kappa shape index (κ1) is 15.2. The van der Waals surface area contributed by atoms with Crippen molar-refractivity contribution in [2.24, 2.45) is 0 Å². The van der Waals surface area contributed by atoms with E-state index in [1.807, 2.05) is 24.3 Å². The highest BCUT2D eigenvalue weighted by Gasteiger charge is 2.04. The summed E-state index contributed by atoms with van der Waals surface area (Å²) in [6, 6.07) is 7.30. The maximum Gasteiger partial charge on any atom is 0.340 e. The largest absolute Gasteiger partial charge is 0.340 e. The number of hydrogen-bond donors (Lipinski definition) is 4. The third-order valence-corrected chi connectivity index (χ3v) is 3.77. The van der Waals surface area contributed by atoms with Crippen molar-refractivity contribution >= 4 is 23.5 Å². The molecule has 0 spiro atoms. The number of nitrogens with one attached hydrogen (secondary N) is 4. The van der Waals surface area contributed by atoms with Crippen molar-refractivity contribution in [1.82, 2.24) is 20.5 Å². The predicted molar refractivity (Wildman–Crippen MR) is 82.5 cm³/mol. The van der Waals surface area contributed by atoms with Gasteiger partial charge < -0.3 is 10.6 Å². The molecule has 2 aromatic rings. The quantitative estimate of drug-likeness (QED) is 0.612. The van der Waals surface area contributed by atoms with E-state index in [0.29, 0.717) is 11.5 Å².